The Bertz CT molecular complexity index is 681. The molecule has 4 atom stereocenters. The Kier molecular flexibility index (Phi) is 9.03. The molecule has 3 aliphatic heterocycles. The number of methoxy groups -OCH3 is 1. The summed E-state index contributed by atoms with van der Waals surface area (Å²) in [5.41, 5.74) is 1.26. The summed E-state index contributed by atoms with van der Waals surface area (Å²) in [4.78, 5) is 7.45. The second-order valence-electron chi connectivity index (χ2n) is 8.02. The molecule has 30 heavy (non-hydrogen) atoms. The highest BCUT2D eigenvalue weighted by molar-refractivity contribution is 14.0. The molecular weight excluding hydrogens is 495 g/mol. The van der Waals surface area contributed by atoms with Crippen LogP contribution in [0.1, 0.15) is 37.8 Å². The van der Waals surface area contributed by atoms with Gasteiger partial charge in [0.2, 0.25) is 0 Å². The fraction of sp³-hybridized carbons (Fsp3) is 0.682. The molecule has 0 aliphatic carbocycles. The molecular formula is C22H35IN4O3. The molecule has 2 N–H and O–H groups in total. The number of hydrogen-bond acceptors (Lipinski definition) is 5. The highest BCUT2D eigenvalue weighted by atomic mass is 127. The van der Waals surface area contributed by atoms with Crippen LogP contribution in [-0.4, -0.2) is 75.6 Å². The number of ether oxygens (including phenoxy) is 3. The number of nitrogens with one attached hydrogen (secondary N) is 2. The fourth-order valence-corrected chi connectivity index (χ4v) is 4.61. The maximum Gasteiger partial charge on any atom is 0.191 e. The van der Waals surface area contributed by atoms with Gasteiger partial charge in [-0.25, -0.2) is 0 Å². The maximum atomic E-state index is 6.00. The summed E-state index contributed by atoms with van der Waals surface area (Å²) in [5.74, 6) is 1.77. The van der Waals surface area contributed by atoms with Crippen molar-refractivity contribution in [1.82, 2.24) is 15.5 Å². The number of benzene rings is 1. The lowest BCUT2D eigenvalue weighted by atomic mass is 9.96. The largest absolute Gasteiger partial charge is 0.497 e. The Balaban J connectivity index is 0.00000256. The molecule has 7 nitrogen and oxygen atoms in total. The second kappa shape index (κ2) is 11.5. The SMILES string of the molecule is CCNC(=NCC(c1ccc(OC)cc1)N1CCOCC1)NC1CC2CCC1O2.I. The third kappa shape index (κ3) is 5.77. The Labute approximate surface area is 196 Å². The highest BCUT2D eigenvalue weighted by Gasteiger charge is 2.41. The van der Waals surface area contributed by atoms with Gasteiger partial charge in [0.1, 0.15) is 5.75 Å². The number of guanidine groups is 1. The standard InChI is InChI=1S/C22H34N4O3.HI/c1-3-23-22(25-19-14-18-8-9-21(19)29-18)24-15-20(26-10-12-28-13-11-26)16-4-6-17(27-2)7-5-16;/h4-7,18-21H,3,8-15H2,1-2H3,(H2,23,24,25);1H. The zero-order valence-electron chi connectivity index (χ0n) is 18.0. The first-order valence-corrected chi connectivity index (χ1v) is 10.9. The topological polar surface area (TPSA) is 67.4 Å². The summed E-state index contributed by atoms with van der Waals surface area (Å²) < 4.78 is 16.9. The first kappa shape index (κ1) is 23.6. The lowest BCUT2D eigenvalue weighted by Crippen LogP contribution is -2.48. The van der Waals surface area contributed by atoms with Gasteiger partial charge >= 0.3 is 0 Å². The smallest absolute Gasteiger partial charge is 0.191 e. The van der Waals surface area contributed by atoms with Gasteiger partial charge in [-0.15, -0.1) is 24.0 Å². The summed E-state index contributed by atoms with van der Waals surface area (Å²) in [6.07, 6.45) is 4.21. The predicted molar refractivity (Wildman–Crippen MR) is 129 cm³/mol. The van der Waals surface area contributed by atoms with Crippen molar-refractivity contribution in [2.75, 3.05) is 46.5 Å². The predicted octanol–water partition coefficient (Wildman–Crippen LogP) is 2.56. The molecule has 4 rings (SSSR count). The van der Waals surface area contributed by atoms with E-state index in [0.717, 1.165) is 57.4 Å². The molecule has 3 fully saturated rings. The third-order valence-corrected chi connectivity index (χ3v) is 6.18. The highest BCUT2D eigenvalue weighted by Crippen LogP contribution is 2.34. The van der Waals surface area contributed by atoms with Crippen molar-refractivity contribution < 1.29 is 14.2 Å². The number of nitrogens with zero attached hydrogens (tertiary/aromatic N) is 2. The zero-order chi connectivity index (χ0) is 20.1. The summed E-state index contributed by atoms with van der Waals surface area (Å²) >= 11 is 0. The molecule has 0 radical (unpaired) electrons. The lowest BCUT2D eigenvalue weighted by Gasteiger charge is -2.34. The Hall–Kier alpha value is -1.10. The molecule has 3 aliphatic rings. The number of aliphatic imine (C=N–C) groups is 1. The van der Waals surface area contributed by atoms with E-state index in [-0.39, 0.29) is 30.0 Å². The van der Waals surface area contributed by atoms with Gasteiger partial charge in [-0.1, -0.05) is 12.1 Å². The van der Waals surface area contributed by atoms with Crippen molar-refractivity contribution >= 4 is 29.9 Å². The third-order valence-electron chi connectivity index (χ3n) is 6.18. The van der Waals surface area contributed by atoms with Crippen molar-refractivity contribution in [3.8, 4) is 5.75 Å². The van der Waals surface area contributed by atoms with Gasteiger partial charge in [-0.2, -0.15) is 0 Å². The molecule has 0 amide bonds. The van der Waals surface area contributed by atoms with Crippen LogP contribution in [0.5, 0.6) is 5.75 Å². The first-order chi connectivity index (χ1) is 14.3. The van der Waals surface area contributed by atoms with Crippen molar-refractivity contribution in [3.63, 3.8) is 0 Å². The van der Waals surface area contributed by atoms with Crippen molar-refractivity contribution in [2.24, 2.45) is 4.99 Å². The van der Waals surface area contributed by atoms with E-state index in [9.17, 15) is 0 Å². The fourth-order valence-electron chi connectivity index (χ4n) is 4.61. The molecule has 0 aromatic heterocycles. The van der Waals surface area contributed by atoms with Crippen LogP contribution in [0.25, 0.3) is 0 Å². The van der Waals surface area contributed by atoms with Crippen LogP contribution in [0.4, 0.5) is 0 Å². The molecule has 4 unspecified atom stereocenters. The molecule has 8 heteroatoms. The minimum absolute atomic E-state index is 0. The second-order valence-corrected chi connectivity index (χ2v) is 8.02. The summed E-state index contributed by atoms with van der Waals surface area (Å²) in [6, 6.07) is 8.95. The molecule has 3 saturated heterocycles. The van der Waals surface area contributed by atoms with Gasteiger partial charge in [0, 0.05) is 19.6 Å². The Morgan fingerprint density at radius 2 is 2.00 bits per heavy atom. The summed E-state index contributed by atoms with van der Waals surface area (Å²) in [6.45, 7) is 7.06. The van der Waals surface area contributed by atoms with Crippen molar-refractivity contribution in [3.05, 3.63) is 29.8 Å². The monoisotopic (exact) mass is 530 g/mol. The normalized spacial score (nSPS) is 27.4. The van der Waals surface area contributed by atoms with E-state index in [2.05, 4.69) is 34.6 Å². The summed E-state index contributed by atoms with van der Waals surface area (Å²) in [5, 5.41) is 7.04. The quantitative estimate of drug-likeness (QED) is 0.321. The van der Waals surface area contributed by atoms with Gasteiger partial charge < -0.3 is 24.8 Å². The molecule has 1 aromatic carbocycles. The number of morpholine rings is 1. The molecule has 168 valence electrons. The van der Waals surface area contributed by atoms with Crippen LogP contribution >= 0.6 is 24.0 Å². The molecule has 1 aromatic rings. The average Bonchev–Trinajstić information content (AvgIpc) is 3.38. The minimum atomic E-state index is 0. The lowest BCUT2D eigenvalue weighted by molar-refractivity contribution is 0.0179. The van der Waals surface area contributed by atoms with Crippen LogP contribution in [0.3, 0.4) is 0 Å². The van der Waals surface area contributed by atoms with E-state index in [0.29, 0.717) is 24.8 Å². The first-order valence-electron chi connectivity index (χ1n) is 10.9. The Morgan fingerprint density at radius 3 is 2.60 bits per heavy atom. The number of rotatable bonds is 7. The van der Waals surface area contributed by atoms with Crippen LogP contribution in [0.15, 0.2) is 29.3 Å². The van der Waals surface area contributed by atoms with Gasteiger partial charge in [-0.05, 0) is 43.9 Å². The summed E-state index contributed by atoms with van der Waals surface area (Å²) in [7, 11) is 1.70. The zero-order valence-corrected chi connectivity index (χ0v) is 20.3. The van der Waals surface area contributed by atoms with E-state index in [1.807, 2.05) is 12.1 Å². The van der Waals surface area contributed by atoms with Crippen LogP contribution < -0.4 is 15.4 Å². The molecule has 2 bridgehead atoms. The van der Waals surface area contributed by atoms with E-state index in [4.69, 9.17) is 19.2 Å². The van der Waals surface area contributed by atoms with Crippen LogP contribution in [-0.2, 0) is 9.47 Å². The van der Waals surface area contributed by atoms with E-state index < -0.39 is 0 Å². The number of fused-ring (bicyclic) bond motifs is 2. The van der Waals surface area contributed by atoms with Gasteiger partial charge in [0.15, 0.2) is 5.96 Å². The van der Waals surface area contributed by atoms with Crippen molar-refractivity contribution in [2.45, 2.75) is 50.5 Å². The average molecular weight is 530 g/mol. The maximum absolute atomic E-state index is 6.00. The van der Waals surface area contributed by atoms with Gasteiger partial charge in [0.25, 0.3) is 0 Å². The number of hydrogen-bond donors (Lipinski definition) is 2. The minimum Gasteiger partial charge on any atom is -0.497 e. The van der Waals surface area contributed by atoms with E-state index in [1.54, 1.807) is 7.11 Å². The van der Waals surface area contributed by atoms with E-state index >= 15 is 0 Å². The Morgan fingerprint density at radius 1 is 1.23 bits per heavy atom. The molecule has 0 spiro atoms. The molecule has 0 saturated carbocycles. The van der Waals surface area contributed by atoms with Crippen LogP contribution in [0, 0.1) is 0 Å². The van der Waals surface area contributed by atoms with Crippen molar-refractivity contribution in [1.29, 1.82) is 0 Å². The van der Waals surface area contributed by atoms with Gasteiger partial charge in [0.05, 0.1) is 51.2 Å². The number of halogens is 1. The molecule has 3 heterocycles. The van der Waals surface area contributed by atoms with Crippen LogP contribution in [0.2, 0.25) is 0 Å². The van der Waals surface area contributed by atoms with Gasteiger partial charge in [-0.3, -0.25) is 9.89 Å². The van der Waals surface area contributed by atoms with E-state index in [1.165, 1.54) is 12.0 Å².